The number of benzene rings is 1. The van der Waals surface area contributed by atoms with Gasteiger partial charge >= 0.3 is 5.97 Å². The van der Waals surface area contributed by atoms with Gasteiger partial charge in [-0.15, -0.1) is 0 Å². The molecule has 0 N–H and O–H groups in total. The Kier molecular flexibility index (Phi) is 7.25. The minimum Gasteiger partial charge on any atom is -0.459 e. The maximum atomic E-state index is 13.5. The first-order chi connectivity index (χ1) is 15.0. The van der Waals surface area contributed by atoms with Crippen molar-refractivity contribution in [3.05, 3.63) is 35.9 Å². The molecule has 33 heavy (non-hydrogen) atoms. The van der Waals surface area contributed by atoms with Gasteiger partial charge in [0.1, 0.15) is 23.9 Å². The normalized spacial score (nSPS) is 28.1. The molecule has 0 bridgehead atoms. The molecule has 0 saturated carbocycles. The molecule has 2 heterocycles. The second-order valence-electron chi connectivity index (χ2n) is 12.3. The fourth-order valence-corrected chi connectivity index (χ4v) is 5.31. The largest absolute Gasteiger partial charge is 0.459 e. The Morgan fingerprint density at radius 2 is 1.61 bits per heavy atom. The van der Waals surface area contributed by atoms with Gasteiger partial charge < -0.3 is 18.6 Å². The van der Waals surface area contributed by atoms with Crippen LogP contribution in [0.3, 0.4) is 0 Å². The fraction of sp³-hybridized carbons (Fsp3) is 0.731. The molecule has 186 valence electrons. The molecule has 2 fully saturated rings. The standard InChI is InChI=1S/C26H43NO5Si/c1-24(2,3)32-23(28)20-22-21(30-26(7,8)31-22)19(17-29-33(9,10)25(4,5)6)27(20)16-18-14-12-11-13-15-18/h11-15,19-22H,16-17H2,1-10H3/t19-,20+,21-,22+/m1/s1. The maximum absolute atomic E-state index is 13.5. The Morgan fingerprint density at radius 3 is 2.15 bits per heavy atom. The minimum absolute atomic E-state index is 0.0894. The number of hydrogen-bond donors (Lipinski definition) is 0. The number of esters is 1. The monoisotopic (exact) mass is 477 g/mol. The van der Waals surface area contributed by atoms with Crippen LogP contribution in [0.2, 0.25) is 18.1 Å². The van der Waals surface area contributed by atoms with Gasteiger partial charge in [-0.2, -0.15) is 0 Å². The number of ether oxygens (including phenoxy) is 3. The van der Waals surface area contributed by atoms with Gasteiger partial charge in [-0.05, 0) is 58.3 Å². The Hall–Kier alpha value is -1.25. The maximum Gasteiger partial charge on any atom is 0.326 e. The number of nitrogens with zero attached hydrogens (tertiary/aromatic N) is 1. The van der Waals surface area contributed by atoms with Crippen LogP contribution >= 0.6 is 0 Å². The molecule has 1 aromatic carbocycles. The highest BCUT2D eigenvalue weighted by molar-refractivity contribution is 6.74. The number of fused-ring (bicyclic) bond motifs is 1. The van der Waals surface area contributed by atoms with Crippen molar-refractivity contribution in [3.63, 3.8) is 0 Å². The highest BCUT2D eigenvalue weighted by Crippen LogP contribution is 2.43. The van der Waals surface area contributed by atoms with E-state index in [1.54, 1.807) is 0 Å². The molecule has 0 unspecified atom stereocenters. The summed E-state index contributed by atoms with van der Waals surface area (Å²) >= 11 is 0. The van der Waals surface area contributed by atoms with E-state index < -0.39 is 31.9 Å². The van der Waals surface area contributed by atoms with E-state index in [4.69, 9.17) is 18.6 Å². The summed E-state index contributed by atoms with van der Waals surface area (Å²) in [6, 6.07) is 9.51. The van der Waals surface area contributed by atoms with Crippen LogP contribution in [0.4, 0.5) is 0 Å². The van der Waals surface area contributed by atoms with Crippen molar-refractivity contribution in [1.82, 2.24) is 4.90 Å². The average molecular weight is 478 g/mol. The third kappa shape index (κ3) is 6.06. The third-order valence-corrected chi connectivity index (χ3v) is 11.4. The van der Waals surface area contributed by atoms with Crippen LogP contribution in [0.5, 0.6) is 0 Å². The number of likely N-dealkylation sites (tertiary alicyclic amines) is 1. The van der Waals surface area contributed by atoms with Gasteiger partial charge in [0.25, 0.3) is 0 Å². The van der Waals surface area contributed by atoms with Crippen molar-refractivity contribution in [2.24, 2.45) is 0 Å². The average Bonchev–Trinajstić information content (AvgIpc) is 3.08. The summed E-state index contributed by atoms with van der Waals surface area (Å²) in [4.78, 5) is 15.7. The van der Waals surface area contributed by atoms with Gasteiger partial charge in [-0.3, -0.25) is 9.69 Å². The van der Waals surface area contributed by atoms with Gasteiger partial charge in [0, 0.05) is 6.54 Å². The molecule has 7 heteroatoms. The Morgan fingerprint density at radius 1 is 1.03 bits per heavy atom. The molecule has 2 saturated heterocycles. The first-order valence-electron chi connectivity index (χ1n) is 12.0. The Balaban J connectivity index is 1.96. The number of hydrogen-bond acceptors (Lipinski definition) is 6. The summed E-state index contributed by atoms with van der Waals surface area (Å²) in [5.41, 5.74) is 0.540. The van der Waals surface area contributed by atoms with E-state index in [0.29, 0.717) is 13.2 Å². The molecule has 1 aromatic rings. The summed E-state index contributed by atoms with van der Waals surface area (Å²) < 4.78 is 25.2. The Bertz CT molecular complexity index is 827. The van der Waals surface area contributed by atoms with Gasteiger partial charge in [0.2, 0.25) is 0 Å². The summed E-state index contributed by atoms with van der Waals surface area (Å²) in [5.74, 6) is -1.03. The van der Waals surface area contributed by atoms with Crippen molar-refractivity contribution in [2.45, 2.75) is 116 Å². The van der Waals surface area contributed by atoms with Crippen LogP contribution in [-0.2, 0) is 30.0 Å². The number of rotatable bonds is 6. The smallest absolute Gasteiger partial charge is 0.326 e. The summed E-state index contributed by atoms with van der Waals surface area (Å²) in [7, 11) is -2.00. The van der Waals surface area contributed by atoms with Gasteiger partial charge in [-0.25, -0.2) is 0 Å². The molecule has 0 spiro atoms. The molecule has 0 aromatic heterocycles. The first kappa shape index (κ1) is 26.4. The summed E-state index contributed by atoms with van der Waals surface area (Å²) in [5, 5.41) is 0.0894. The van der Waals surface area contributed by atoms with E-state index in [-0.39, 0.29) is 23.2 Å². The number of carbonyl (C=O) groups is 1. The molecule has 0 radical (unpaired) electrons. The molecule has 4 atom stereocenters. The molecular weight excluding hydrogens is 434 g/mol. The lowest BCUT2D eigenvalue weighted by atomic mass is 10.1. The topological polar surface area (TPSA) is 57.2 Å². The van der Waals surface area contributed by atoms with E-state index in [1.165, 1.54) is 0 Å². The van der Waals surface area contributed by atoms with Crippen LogP contribution in [-0.4, -0.2) is 61.5 Å². The van der Waals surface area contributed by atoms with Crippen molar-refractivity contribution < 1.29 is 23.4 Å². The lowest BCUT2D eigenvalue weighted by molar-refractivity contribution is -0.184. The highest BCUT2D eigenvalue weighted by Gasteiger charge is 2.61. The molecule has 2 aliphatic rings. The van der Waals surface area contributed by atoms with Gasteiger partial charge in [0.15, 0.2) is 14.1 Å². The zero-order chi connectivity index (χ0) is 24.8. The molecule has 2 aliphatic heterocycles. The molecule has 3 rings (SSSR count). The van der Waals surface area contributed by atoms with Crippen LogP contribution < -0.4 is 0 Å². The van der Waals surface area contributed by atoms with E-state index >= 15 is 0 Å². The van der Waals surface area contributed by atoms with Gasteiger partial charge in [0.05, 0.1) is 12.6 Å². The predicted molar refractivity (Wildman–Crippen MR) is 132 cm³/mol. The van der Waals surface area contributed by atoms with Crippen LogP contribution in [0.15, 0.2) is 30.3 Å². The van der Waals surface area contributed by atoms with E-state index in [2.05, 4.69) is 50.9 Å². The summed E-state index contributed by atoms with van der Waals surface area (Å²) in [6.07, 6.45) is -0.683. The SMILES string of the molecule is CC(C)(C)OC(=O)[C@@H]1[C@@H]2OC(C)(C)O[C@@H]2[C@@H](CO[Si](C)(C)C(C)(C)C)N1Cc1ccccc1. The molecular formula is C26H43NO5Si. The second-order valence-corrected chi connectivity index (χ2v) is 17.1. The van der Waals surface area contributed by atoms with Crippen molar-refractivity contribution >= 4 is 14.3 Å². The molecule has 6 nitrogen and oxygen atoms in total. The second kappa shape index (κ2) is 9.08. The lowest BCUT2D eigenvalue weighted by Crippen LogP contribution is -2.51. The summed E-state index contributed by atoms with van der Waals surface area (Å²) in [6.45, 7) is 21.8. The number of carbonyl (C=O) groups excluding carboxylic acids is 1. The minimum atomic E-state index is -2.00. The van der Waals surface area contributed by atoms with Crippen LogP contribution in [0, 0.1) is 0 Å². The Labute approximate surface area is 201 Å². The third-order valence-electron chi connectivity index (χ3n) is 6.91. The zero-order valence-corrected chi connectivity index (χ0v) is 23.1. The lowest BCUT2D eigenvalue weighted by Gasteiger charge is -2.39. The quantitative estimate of drug-likeness (QED) is 0.419. The predicted octanol–water partition coefficient (Wildman–Crippen LogP) is 5.12. The zero-order valence-electron chi connectivity index (χ0n) is 22.1. The van der Waals surface area contributed by atoms with Crippen LogP contribution in [0.1, 0.15) is 61.0 Å². The van der Waals surface area contributed by atoms with Crippen LogP contribution in [0.25, 0.3) is 0 Å². The molecule has 0 aliphatic carbocycles. The van der Waals surface area contributed by atoms with E-state index in [0.717, 1.165) is 5.56 Å². The van der Waals surface area contributed by atoms with Crippen molar-refractivity contribution in [2.75, 3.05) is 6.61 Å². The van der Waals surface area contributed by atoms with Crippen molar-refractivity contribution in [3.8, 4) is 0 Å². The highest BCUT2D eigenvalue weighted by atomic mass is 28.4. The first-order valence-corrected chi connectivity index (χ1v) is 14.9. The van der Waals surface area contributed by atoms with E-state index in [1.807, 2.05) is 52.8 Å². The fourth-order valence-electron chi connectivity index (χ4n) is 4.28. The molecule has 0 amide bonds. The van der Waals surface area contributed by atoms with Gasteiger partial charge in [-0.1, -0.05) is 51.1 Å². The van der Waals surface area contributed by atoms with E-state index in [9.17, 15) is 4.79 Å². The van der Waals surface area contributed by atoms with Crippen molar-refractivity contribution in [1.29, 1.82) is 0 Å².